The second-order valence-electron chi connectivity index (χ2n) is 6.53. The van der Waals surface area contributed by atoms with Crippen LogP contribution in [0.1, 0.15) is 53.4 Å². The number of amides is 1. The van der Waals surface area contributed by atoms with Crippen LogP contribution in [0, 0.1) is 0 Å². The smallest absolute Gasteiger partial charge is 0.251 e. The van der Waals surface area contributed by atoms with Gasteiger partial charge in [0.15, 0.2) is 11.6 Å². The van der Waals surface area contributed by atoms with Crippen molar-refractivity contribution in [3.8, 4) is 0 Å². The lowest BCUT2D eigenvalue weighted by atomic mass is 9.82. The fourth-order valence-electron chi connectivity index (χ4n) is 2.51. The molecule has 0 radical (unpaired) electrons. The maximum Gasteiger partial charge on any atom is 0.251 e. The maximum atomic E-state index is 12.3. The highest BCUT2D eigenvalue weighted by Gasteiger charge is 2.36. The molecule has 0 aromatic heterocycles. The number of nitrogens with one attached hydrogen (secondary N) is 1. The minimum absolute atomic E-state index is 0.115. The molecule has 0 spiro atoms. The zero-order valence-electron chi connectivity index (χ0n) is 13.6. The van der Waals surface area contributed by atoms with Gasteiger partial charge in [-0.15, -0.1) is 0 Å². The largest absolute Gasteiger partial charge is 0.380 e. The van der Waals surface area contributed by atoms with Crippen molar-refractivity contribution in [2.75, 3.05) is 0 Å². The van der Waals surface area contributed by atoms with E-state index in [1.165, 1.54) is 6.92 Å². The first-order valence-electron chi connectivity index (χ1n) is 7.65. The van der Waals surface area contributed by atoms with Gasteiger partial charge in [0.25, 0.3) is 5.91 Å². The van der Waals surface area contributed by atoms with Gasteiger partial charge in [0.05, 0.1) is 0 Å². The Morgan fingerprint density at radius 1 is 1.14 bits per heavy atom. The number of carbonyl (C=O) groups excluding carboxylic acids is 3. The molecule has 22 heavy (non-hydrogen) atoms. The van der Waals surface area contributed by atoms with Crippen LogP contribution >= 0.6 is 0 Å². The third kappa shape index (κ3) is 3.19. The Hall–Kier alpha value is -1.75. The van der Waals surface area contributed by atoms with E-state index in [1.54, 1.807) is 20.8 Å². The lowest BCUT2D eigenvalue weighted by Crippen LogP contribution is -2.45. The van der Waals surface area contributed by atoms with Crippen LogP contribution in [-0.4, -0.2) is 34.2 Å². The summed E-state index contributed by atoms with van der Waals surface area (Å²) < 4.78 is 0. The molecule has 0 aliphatic heterocycles. The number of Topliss-reactive ketones (excluding diaryl/α,β-unsaturated/α-hetero) is 2. The summed E-state index contributed by atoms with van der Waals surface area (Å²) >= 11 is 0. The Morgan fingerprint density at radius 2 is 1.68 bits per heavy atom. The van der Waals surface area contributed by atoms with Crippen molar-refractivity contribution in [3.63, 3.8) is 0 Å². The van der Waals surface area contributed by atoms with Crippen LogP contribution < -0.4 is 5.32 Å². The molecule has 2 rings (SSSR count). The second kappa shape index (κ2) is 5.80. The summed E-state index contributed by atoms with van der Waals surface area (Å²) in [5.41, 5.74) is 0.222. The molecular weight excluding hydrogens is 282 g/mol. The first-order valence-corrected chi connectivity index (χ1v) is 7.65. The van der Waals surface area contributed by atoms with E-state index in [0.717, 1.165) is 12.8 Å². The standard InChI is InChI=1S/C17H23NO4/c1-9-10(2)15(20)13(11(3)14(9)19)7-8-17(4,22)16(21)18-12-5-6-12/h12,22H,5-8H2,1-4H3,(H,18,21). The summed E-state index contributed by atoms with van der Waals surface area (Å²) in [7, 11) is 0. The average molecular weight is 305 g/mol. The molecule has 0 saturated heterocycles. The molecule has 1 amide bonds. The minimum atomic E-state index is -1.54. The summed E-state index contributed by atoms with van der Waals surface area (Å²) in [6.45, 7) is 6.36. The molecule has 1 atom stereocenters. The number of carbonyl (C=O) groups is 3. The van der Waals surface area contributed by atoms with E-state index < -0.39 is 11.5 Å². The third-order valence-corrected chi connectivity index (χ3v) is 4.57. The van der Waals surface area contributed by atoms with E-state index in [9.17, 15) is 19.5 Å². The van der Waals surface area contributed by atoms with Gasteiger partial charge >= 0.3 is 0 Å². The third-order valence-electron chi connectivity index (χ3n) is 4.57. The van der Waals surface area contributed by atoms with Gasteiger partial charge < -0.3 is 10.4 Å². The molecule has 2 aliphatic rings. The predicted molar refractivity (Wildman–Crippen MR) is 82.1 cm³/mol. The molecule has 5 heteroatoms. The number of rotatable bonds is 5. The zero-order valence-corrected chi connectivity index (χ0v) is 13.6. The minimum Gasteiger partial charge on any atom is -0.380 e. The van der Waals surface area contributed by atoms with Crippen LogP contribution in [0.2, 0.25) is 0 Å². The molecule has 5 nitrogen and oxygen atoms in total. The van der Waals surface area contributed by atoms with Crippen molar-refractivity contribution in [2.24, 2.45) is 0 Å². The van der Waals surface area contributed by atoms with Crippen LogP contribution in [-0.2, 0) is 14.4 Å². The molecule has 120 valence electrons. The summed E-state index contributed by atoms with van der Waals surface area (Å²) in [6.07, 6.45) is 2.22. The molecule has 0 heterocycles. The van der Waals surface area contributed by atoms with Gasteiger partial charge in [-0.3, -0.25) is 14.4 Å². The normalized spacial score (nSPS) is 22.0. The predicted octanol–water partition coefficient (Wildman–Crippen LogP) is 1.60. The SMILES string of the molecule is CC1=C(C)C(=O)C(CCC(C)(O)C(=O)NC2CC2)=C(C)C1=O. The Bertz CT molecular complexity index is 606. The van der Waals surface area contributed by atoms with Gasteiger partial charge in [0.2, 0.25) is 0 Å². The molecule has 1 fully saturated rings. The van der Waals surface area contributed by atoms with E-state index in [2.05, 4.69) is 5.32 Å². The summed E-state index contributed by atoms with van der Waals surface area (Å²) in [6, 6.07) is 0.172. The lowest BCUT2D eigenvalue weighted by molar-refractivity contribution is -0.138. The Kier molecular flexibility index (Phi) is 4.38. The van der Waals surface area contributed by atoms with Crippen molar-refractivity contribution >= 4 is 17.5 Å². The molecule has 2 aliphatic carbocycles. The molecule has 2 N–H and O–H groups in total. The number of aliphatic hydroxyl groups is 1. The summed E-state index contributed by atoms with van der Waals surface area (Å²) in [5, 5.41) is 13.1. The Balaban J connectivity index is 2.08. The quantitative estimate of drug-likeness (QED) is 0.756. The highest BCUT2D eigenvalue weighted by atomic mass is 16.3. The molecular formula is C17H23NO4. The summed E-state index contributed by atoms with van der Waals surface area (Å²) in [4.78, 5) is 36.4. The van der Waals surface area contributed by atoms with E-state index >= 15 is 0 Å². The average Bonchev–Trinajstić information content (AvgIpc) is 3.26. The fraction of sp³-hybridized carbons (Fsp3) is 0.588. The fourth-order valence-corrected chi connectivity index (χ4v) is 2.51. The topological polar surface area (TPSA) is 83.5 Å². The first-order chi connectivity index (χ1) is 10.1. The van der Waals surface area contributed by atoms with Gasteiger partial charge in [-0.2, -0.15) is 0 Å². The number of hydrogen-bond acceptors (Lipinski definition) is 4. The van der Waals surface area contributed by atoms with E-state index in [4.69, 9.17) is 0 Å². The van der Waals surface area contributed by atoms with Gasteiger partial charge in [-0.05, 0) is 53.4 Å². The molecule has 0 aromatic rings. The molecule has 0 bridgehead atoms. The molecule has 1 unspecified atom stereocenters. The van der Waals surface area contributed by atoms with Crippen molar-refractivity contribution in [3.05, 3.63) is 22.3 Å². The first kappa shape index (κ1) is 16.6. The zero-order chi connectivity index (χ0) is 16.7. The van der Waals surface area contributed by atoms with E-state index in [1.807, 2.05) is 0 Å². The van der Waals surface area contributed by atoms with Crippen molar-refractivity contribution in [1.82, 2.24) is 5.32 Å². The maximum absolute atomic E-state index is 12.3. The van der Waals surface area contributed by atoms with Gasteiger partial charge in [0.1, 0.15) is 5.60 Å². The number of hydrogen-bond donors (Lipinski definition) is 2. The summed E-state index contributed by atoms with van der Waals surface area (Å²) in [5.74, 6) is -0.701. The highest BCUT2D eigenvalue weighted by molar-refractivity contribution is 6.24. The van der Waals surface area contributed by atoms with Gasteiger partial charge in [-0.25, -0.2) is 0 Å². The number of ketones is 2. The van der Waals surface area contributed by atoms with E-state index in [0.29, 0.717) is 22.3 Å². The monoisotopic (exact) mass is 305 g/mol. The second-order valence-corrected chi connectivity index (χ2v) is 6.53. The van der Waals surface area contributed by atoms with Crippen LogP contribution in [0.4, 0.5) is 0 Å². The van der Waals surface area contributed by atoms with Crippen molar-refractivity contribution in [1.29, 1.82) is 0 Å². The van der Waals surface area contributed by atoms with Crippen molar-refractivity contribution in [2.45, 2.75) is 65.0 Å². The lowest BCUT2D eigenvalue weighted by Gasteiger charge is -2.24. The van der Waals surface area contributed by atoms with Crippen LogP contribution in [0.3, 0.4) is 0 Å². The Labute approximate surface area is 130 Å². The van der Waals surface area contributed by atoms with Crippen LogP contribution in [0.15, 0.2) is 22.3 Å². The van der Waals surface area contributed by atoms with Crippen LogP contribution in [0.25, 0.3) is 0 Å². The molecule has 1 saturated carbocycles. The molecule has 0 aromatic carbocycles. The number of allylic oxidation sites excluding steroid dienone is 4. The Morgan fingerprint density at radius 3 is 2.23 bits per heavy atom. The van der Waals surface area contributed by atoms with Gasteiger partial charge in [0, 0.05) is 28.3 Å². The highest BCUT2D eigenvalue weighted by Crippen LogP contribution is 2.29. The van der Waals surface area contributed by atoms with Crippen LogP contribution in [0.5, 0.6) is 0 Å². The van der Waals surface area contributed by atoms with Crippen molar-refractivity contribution < 1.29 is 19.5 Å². The van der Waals surface area contributed by atoms with E-state index in [-0.39, 0.29) is 30.4 Å². The van der Waals surface area contributed by atoms with Gasteiger partial charge in [-0.1, -0.05) is 0 Å².